The lowest BCUT2D eigenvalue weighted by Gasteiger charge is -2.34. The van der Waals surface area contributed by atoms with Crippen LogP contribution in [0.25, 0.3) is 11.3 Å². The molecule has 122 valence electrons. The standard InChI is InChI=1S/C17H14ClN3O3/c18-13-3-1-10(2-4-13)11-5-14(6-11)23-17-19-8-12(9-20-17)15-7-16(22)21-24-15/h1-4,7-9,11,14H,5-6H2,(H,21,22)/t11-,14-. The Hall–Kier alpha value is -2.60. The SMILES string of the molecule is Oc1cc(-c2cnc(O[C@H]3C[C@H](c4ccc(Cl)cc4)C3)nc2)on1. The van der Waals surface area contributed by atoms with Gasteiger partial charge in [-0.05, 0) is 41.6 Å². The summed E-state index contributed by atoms with van der Waals surface area (Å²) in [5.74, 6) is 0.724. The summed E-state index contributed by atoms with van der Waals surface area (Å²) in [7, 11) is 0. The first-order valence-corrected chi connectivity index (χ1v) is 7.95. The highest BCUT2D eigenvalue weighted by Crippen LogP contribution is 2.39. The maximum atomic E-state index is 9.18. The van der Waals surface area contributed by atoms with Crippen LogP contribution in [0.2, 0.25) is 5.02 Å². The van der Waals surface area contributed by atoms with E-state index in [1.54, 1.807) is 12.4 Å². The Morgan fingerprint density at radius 2 is 1.83 bits per heavy atom. The normalized spacial score (nSPS) is 19.7. The molecule has 0 amide bonds. The molecule has 0 spiro atoms. The van der Waals surface area contributed by atoms with Crippen LogP contribution >= 0.6 is 11.6 Å². The van der Waals surface area contributed by atoms with E-state index in [0.29, 0.717) is 23.3 Å². The first-order chi connectivity index (χ1) is 11.7. The molecule has 0 aliphatic heterocycles. The minimum absolute atomic E-state index is 0.117. The maximum absolute atomic E-state index is 9.18. The smallest absolute Gasteiger partial charge is 0.316 e. The third-order valence-corrected chi connectivity index (χ3v) is 4.37. The van der Waals surface area contributed by atoms with E-state index in [2.05, 4.69) is 27.3 Å². The number of aromatic hydroxyl groups is 1. The van der Waals surface area contributed by atoms with Gasteiger partial charge in [-0.25, -0.2) is 9.97 Å². The van der Waals surface area contributed by atoms with Crippen molar-refractivity contribution < 1.29 is 14.4 Å². The van der Waals surface area contributed by atoms with Crippen molar-refractivity contribution in [3.8, 4) is 23.2 Å². The Balaban J connectivity index is 1.34. The molecule has 1 saturated carbocycles. The van der Waals surface area contributed by atoms with E-state index in [1.165, 1.54) is 11.6 Å². The van der Waals surface area contributed by atoms with Crippen LogP contribution in [0.1, 0.15) is 24.3 Å². The molecule has 1 aliphatic rings. The van der Waals surface area contributed by atoms with E-state index >= 15 is 0 Å². The Labute approximate surface area is 143 Å². The van der Waals surface area contributed by atoms with Gasteiger partial charge in [0.2, 0.25) is 0 Å². The molecule has 4 rings (SSSR count). The molecule has 2 heterocycles. The van der Waals surface area contributed by atoms with Crippen LogP contribution < -0.4 is 4.74 Å². The number of rotatable bonds is 4. The quantitative estimate of drug-likeness (QED) is 0.775. The average molecular weight is 344 g/mol. The predicted molar refractivity (Wildman–Crippen MR) is 87.0 cm³/mol. The van der Waals surface area contributed by atoms with E-state index in [1.807, 2.05) is 12.1 Å². The van der Waals surface area contributed by atoms with Crippen molar-refractivity contribution in [1.29, 1.82) is 0 Å². The summed E-state index contributed by atoms with van der Waals surface area (Å²) in [4.78, 5) is 8.35. The molecule has 1 aromatic carbocycles. The van der Waals surface area contributed by atoms with Gasteiger partial charge in [0.15, 0.2) is 5.76 Å². The Morgan fingerprint density at radius 1 is 1.12 bits per heavy atom. The summed E-state index contributed by atoms with van der Waals surface area (Å²) in [6.45, 7) is 0. The van der Waals surface area contributed by atoms with Crippen LogP contribution in [-0.2, 0) is 0 Å². The predicted octanol–water partition coefficient (Wildman–Crippen LogP) is 3.82. The monoisotopic (exact) mass is 343 g/mol. The average Bonchev–Trinajstić information content (AvgIpc) is 2.99. The lowest BCUT2D eigenvalue weighted by molar-refractivity contribution is 0.0882. The van der Waals surface area contributed by atoms with E-state index < -0.39 is 0 Å². The number of hydrogen-bond acceptors (Lipinski definition) is 6. The van der Waals surface area contributed by atoms with Gasteiger partial charge in [0.1, 0.15) is 6.10 Å². The van der Waals surface area contributed by atoms with Crippen molar-refractivity contribution >= 4 is 11.6 Å². The van der Waals surface area contributed by atoms with Crippen molar-refractivity contribution in [2.75, 3.05) is 0 Å². The molecule has 0 unspecified atom stereocenters. The molecule has 0 radical (unpaired) electrons. The van der Waals surface area contributed by atoms with Gasteiger partial charge in [-0.3, -0.25) is 0 Å². The zero-order valence-electron chi connectivity index (χ0n) is 12.6. The lowest BCUT2D eigenvalue weighted by atomic mass is 9.77. The van der Waals surface area contributed by atoms with Gasteiger partial charge >= 0.3 is 6.01 Å². The molecule has 1 N–H and O–H groups in total. The summed E-state index contributed by atoms with van der Waals surface area (Å²) in [6, 6.07) is 9.68. The van der Waals surface area contributed by atoms with Gasteiger partial charge in [-0.1, -0.05) is 23.7 Å². The van der Waals surface area contributed by atoms with Crippen LogP contribution in [0.3, 0.4) is 0 Å². The van der Waals surface area contributed by atoms with Gasteiger partial charge in [0, 0.05) is 23.5 Å². The van der Waals surface area contributed by atoms with Crippen molar-refractivity contribution in [3.05, 3.63) is 53.3 Å². The molecule has 24 heavy (non-hydrogen) atoms. The minimum atomic E-state index is -0.173. The number of aromatic nitrogens is 3. The summed E-state index contributed by atoms with van der Waals surface area (Å²) >= 11 is 5.91. The fourth-order valence-electron chi connectivity index (χ4n) is 2.72. The zero-order chi connectivity index (χ0) is 16.5. The molecule has 0 saturated heterocycles. The Morgan fingerprint density at radius 3 is 2.46 bits per heavy atom. The second kappa shape index (κ2) is 6.13. The number of benzene rings is 1. The number of nitrogens with zero attached hydrogens (tertiary/aromatic N) is 3. The van der Waals surface area contributed by atoms with Gasteiger partial charge < -0.3 is 14.4 Å². The van der Waals surface area contributed by atoms with Crippen molar-refractivity contribution in [2.24, 2.45) is 0 Å². The van der Waals surface area contributed by atoms with E-state index in [4.69, 9.17) is 20.9 Å². The van der Waals surface area contributed by atoms with Crippen LogP contribution in [0.15, 0.2) is 47.2 Å². The molecule has 3 aromatic rings. The van der Waals surface area contributed by atoms with Crippen molar-refractivity contribution in [3.63, 3.8) is 0 Å². The number of halogens is 1. The highest BCUT2D eigenvalue weighted by Gasteiger charge is 2.32. The molecule has 1 fully saturated rings. The molecular weight excluding hydrogens is 330 g/mol. The van der Waals surface area contributed by atoms with Crippen LogP contribution in [0.5, 0.6) is 11.9 Å². The van der Waals surface area contributed by atoms with Crippen LogP contribution in [0.4, 0.5) is 0 Å². The zero-order valence-corrected chi connectivity index (χ0v) is 13.3. The van der Waals surface area contributed by atoms with Crippen molar-refractivity contribution in [1.82, 2.24) is 15.1 Å². The fourth-order valence-corrected chi connectivity index (χ4v) is 2.85. The molecule has 2 aromatic heterocycles. The highest BCUT2D eigenvalue weighted by molar-refractivity contribution is 6.30. The summed E-state index contributed by atoms with van der Waals surface area (Å²) in [5.41, 5.74) is 1.91. The maximum Gasteiger partial charge on any atom is 0.316 e. The minimum Gasteiger partial charge on any atom is -0.491 e. The fraction of sp³-hybridized carbons (Fsp3) is 0.235. The highest BCUT2D eigenvalue weighted by atomic mass is 35.5. The van der Waals surface area contributed by atoms with Gasteiger partial charge in [0.05, 0.1) is 5.56 Å². The molecule has 1 aliphatic carbocycles. The molecule has 6 nitrogen and oxygen atoms in total. The van der Waals surface area contributed by atoms with E-state index in [9.17, 15) is 5.11 Å². The summed E-state index contributed by atoms with van der Waals surface area (Å²) in [6.07, 6.45) is 5.15. The van der Waals surface area contributed by atoms with Gasteiger partial charge in [-0.2, -0.15) is 0 Å². The third-order valence-electron chi connectivity index (χ3n) is 4.12. The van der Waals surface area contributed by atoms with E-state index in [0.717, 1.165) is 17.9 Å². The van der Waals surface area contributed by atoms with Gasteiger partial charge in [-0.15, -0.1) is 0 Å². The van der Waals surface area contributed by atoms with Crippen molar-refractivity contribution in [2.45, 2.75) is 24.9 Å². The summed E-state index contributed by atoms with van der Waals surface area (Å²) in [5, 5.41) is 13.3. The third kappa shape index (κ3) is 3.05. The van der Waals surface area contributed by atoms with Crippen LogP contribution in [0, 0.1) is 0 Å². The Bertz CT molecular complexity index is 827. The van der Waals surface area contributed by atoms with Crippen LogP contribution in [-0.4, -0.2) is 26.3 Å². The number of hydrogen-bond donors (Lipinski definition) is 1. The second-order valence-electron chi connectivity index (χ2n) is 5.76. The summed E-state index contributed by atoms with van der Waals surface area (Å²) < 4.78 is 10.7. The first kappa shape index (κ1) is 15.0. The second-order valence-corrected chi connectivity index (χ2v) is 6.20. The largest absolute Gasteiger partial charge is 0.491 e. The topological polar surface area (TPSA) is 81.3 Å². The molecular formula is C17H14ClN3O3. The first-order valence-electron chi connectivity index (χ1n) is 7.57. The molecule has 7 heteroatoms. The Kier molecular flexibility index (Phi) is 3.82. The molecule has 0 bridgehead atoms. The molecule has 0 atom stereocenters. The number of ether oxygens (including phenoxy) is 1. The lowest BCUT2D eigenvalue weighted by Crippen LogP contribution is -2.32. The van der Waals surface area contributed by atoms with Gasteiger partial charge in [0.25, 0.3) is 5.88 Å². The van der Waals surface area contributed by atoms with E-state index in [-0.39, 0.29) is 12.0 Å².